The molecule has 0 saturated carbocycles. The average molecular weight is 343 g/mol. The van der Waals surface area contributed by atoms with Gasteiger partial charge in [-0.1, -0.05) is 18.2 Å². The highest BCUT2D eigenvalue weighted by molar-refractivity contribution is 5.76. The molecule has 2 aromatic carbocycles. The molecule has 1 atom stereocenters. The smallest absolute Gasteiger partial charge is 0.275 e. The number of carbonyl (C=O) groups excluding carboxylic acids is 1. The Labute approximate surface area is 149 Å². The zero-order chi connectivity index (χ0) is 18.1. The van der Waals surface area contributed by atoms with Gasteiger partial charge in [0.15, 0.2) is 6.54 Å². The molecule has 5 heteroatoms. The molecular weight excluding hydrogens is 316 g/mol. The van der Waals surface area contributed by atoms with Crippen molar-refractivity contribution in [2.24, 2.45) is 0 Å². The van der Waals surface area contributed by atoms with Crippen LogP contribution in [0, 0.1) is 0 Å². The monoisotopic (exact) mass is 343 g/mol. The Morgan fingerprint density at radius 1 is 1.04 bits per heavy atom. The molecule has 2 rings (SSSR count). The van der Waals surface area contributed by atoms with Crippen LogP contribution in [0.1, 0.15) is 11.1 Å². The zero-order valence-electron chi connectivity index (χ0n) is 15.2. The van der Waals surface area contributed by atoms with E-state index in [1.165, 1.54) is 5.56 Å². The number of amides is 1. The van der Waals surface area contributed by atoms with Gasteiger partial charge in [-0.05, 0) is 42.3 Å². The highest BCUT2D eigenvalue weighted by atomic mass is 16.5. The summed E-state index contributed by atoms with van der Waals surface area (Å²) in [6, 6.07) is 15.8. The van der Waals surface area contributed by atoms with E-state index in [1.54, 1.807) is 14.2 Å². The number of carbonyl (C=O) groups is 1. The van der Waals surface area contributed by atoms with Gasteiger partial charge in [0.2, 0.25) is 0 Å². The van der Waals surface area contributed by atoms with Crippen molar-refractivity contribution in [1.82, 2.24) is 5.32 Å². The molecule has 0 spiro atoms. The van der Waals surface area contributed by atoms with Crippen molar-refractivity contribution < 1.29 is 19.2 Å². The molecule has 0 fully saturated rings. The van der Waals surface area contributed by atoms with E-state index in [4.69, 9.17) is 9.47 Å². The summed E-state index contributed by atoms with van der Waals surface area (Å²) in [4.78, 5) is 13.2. The quantitative estimate of drug-likeness (QED) is 0.716. The van der Waals surface area contributed by atoms with Gasteiger partial charge in [0.05, 0.1) is 21.3 Å². The predicted molar refractivity (Wildman–Crippen MR) is 98.2 cm³/mol. The van der Waals surface area contributed by atoms with Crippen LogP contribution in [0.3, 0.4) is 0 Å². The molecule has 0 aliphatic heterocycles. The van der Waals surface area contributed by atoms with Crippen LogP contribution in [-0.2, 0) is 17.8 Å². The second kappa shape index (κ2) is 9.69. The molecule has 0 heterocycles. The molecule has 5 nitrogen and oxygen atoms in total. The maximum atomic E-state index is 12.1. The van der Waals surface area contributed by atoms with E-state index in [2.05, 4.69) is 5.32 Å². The largest absolute Gasteiger partial charge is 0.497 e. The molecule has 25 heavy (non-hydrogen) atoms. The molecule has 1 unspecified atom stereocenters. The molecule has 0 radical (unpaired) electrons. The van der Waals surface area contributed by atoms with Gasteiger partial charge in [0.1, 0.15) is 18.0 Å². The number of quaternary nitrogens is 1. The molecule has 0 bridgehead atoms. The van der Waals surface area contributed by atoms with Gasteiger partial charge in [-0.2, -0.15) is 0 Å². The van der Waals surface area contributed by atoms with Gasteiger partial charge in [-0.15, -0.1) is 0 Å². The lowest BCUT2D eigenvalue weighted by Gasteiger charge is -2.14. The SMILES string of the molecule is COc1ccc(C[NH+](C)CC(=O)NCCc2ccccc2OC)cc1. The summed E-state index contributed by atoms with van der Waals surface area (Å²) >= 11 is 0. The third kappa shape index (κ3) is 6.12. The fourth-order valence-electron chi connectivity index (χ4n) is 2.74. The maximum Gasteiger partial charge on any atom is 0.275 e. The summed E-state index contributed by atoms with van der Waals surface area (Å²) in [6.07, 6.45) is 0.757. The van der Waals surface area contributed by atoms with Crippen LogP contribution in [0.5, 0.6) is 11.5 Å². The number of nitrogens with one attached hydrogen (secondary N) is 2. The molecule has 0 aliphatic rings. The Kier molecular flexibility index (Phi) is 7.29. The maximum absolute atomic E-state index is 12.1. The van der Waals surface area contributed by atoms with E-state index in [0.717, 1.165) is 34.9 Å². The summed E-state index contributed by atoms with van der Waals surface area (Å²) in [7, 11) is 5.33. The van der Waals surface area contributed by atoms with E-state index in [9.17, 15) is 4.79 Å². The van der Waals surface area contributed by atoms with E-state index in [-0.39, 0.29) is 5.91 Å². The number of likely N-dealkylation sites (N-methyl/N-ethyl adjacent to an activating group) is 1. The van der Waals surface area contributed by atoms with Crippen molar-refractivity contribution in [3.05, 3.63) is 59.7 Å². The molecule has 0 aromatic heterocycles. The van der Waals surface area contributed by atoms with Crippen molar-refractivity contribution in [1.29, 1.82) is 0 Å². The first-order valence-corrected chi connectivity index (χ1v) is 8.45. The lowest BCUT2D eigenvalue weighted by molar-refractivity contribution is -0.885. The lowest BCUT2D eigenvalue weighted by Crippen LogP contribution is -3.08. The van der Waals surface area contributed by atoms with Crippen LogP contribution < -0.4 is 19.7 Å². The van der Waals surface area contributed by atoms with Gasteiger partial charge in [-0.25, -0.2) is 0 Å². The highest BCUT2D eigenvalue weighted by Crippen LogP contribution is 2.17. The number of ether oxygens (including phenoxy) is 2. The summed E-state index contributed by atoms with van der Waals surface area (Å²) in [5.41, 5.74) is 2.28. The number of benzene rings is 2. The van der Waals surface area contributed by atoms with Crippen molar-refractivity contribution in [3.63, 3.8) is 0 Å². The van der Waals surface area contributed by atoms with E-state index < -0.39 is 0 Å². The second-order valence-corrected chi connectivity index (χ2v) is 6.07. The molecule has 2 N–H and O–H groups in total. The number of para-hydroxylation sites is 1. The Hall–Kier alpha value is -2.53. The highest BCUT2D eigenvalue weighted by Gasteiger charge is 2.11. The Morgan fingerprint density at radius 3 is 2.44 bits per heavy atom. The molecule has 0 saturated heterocycles. The van der Waals surface area contributed by atoms with Gasteiger partial charge in [0.25, 0.3) is 5.91 Å². The Morgan fingerprint density at radius 2 is 1.76 bits per heavy atom. The number of methoxy groups -OCH3 is 2. The van der Waals surface area contributed by atoms with Crippen LogP contribution in [0.25, 0.3) is 0 Å². The minimum atomic E-state index is 0.0564. The van der Waals surface area contributed by atoms with Gasteiger partial charge in [0, 0.05) is 12.1 Å². The minimum Gasteiger partial charge on any atom is -0.497 e. The van der Waals surface area contributed by atoms with Crippen molar-refractivity contribution in [2.75, 3.05) is 34.4 Å². The first-order chi connectivity index (χ1) is 12.1. The van der Waals surface area contributed by atoms with Crippen LogP contribution in [0.2, 0.25) is 0 Å². The van der Waals surface area contributed by atoms with Crippen LogP contribution in [0.4, 0.5) is 0 Å². The third-order valence-corrected chi connectivity index (χ3v) is 4.04. The van der Waals surface area contributed by atoms with Crippen molar-refractivity contribution >= 4 is 5.91 Å². The van der Waals surface area contributed by atoms with E-state index >= 15 is 0 Å². The average Bonchev–Trinajstić information content (AvgIpc) is 2.62. The standard InChI is InChI=1S/C20H26N2O3/c1-22(14-16-8-10-18(24-2)11-9-16)15-20(23)21-13-12-17-6-4-5-7-19(17)25-3/h4-11H,12-15H2,1-3H3,(H,21,23)/p+1. The topological polar surface area (TPSA) is 52.0 Å². The van der Waals surface area contributed by atoms with Crippen LogP contribution >= 0.6 is 0 Å². The first kappa shape index (κ1) is 18.8. The Bertz CT molecular complexity index is 671. The number of rotatable bonds is 9. The van der Waals surface area contributed by atoms with Gasteiger partial charge < -0.3 is 19.7 Å². The van der Waals surface area contributed by atoms with E-state index in [0.29, 0.717) is 13.1 Å². The minimum absolute atomic E-state index is 0.0564. The molecule has 1 amide bonds. The molecular formula is C20H27N2O3+. The molecule has 134 valence electrons. The first-order valence-electron chi connectivity index (χ1n) is 8.45. The molecule has 0 aliphatic carbocycles. The lowest BCUT2D eigenvalue weighted by atomic mass is 10.1. The number of hydrogen-bond donors (Lipinski definition) is 2. The van der Waals surface area contributed by atoms with Crippen molar-refractivity contribution in [3.8, 4) is 11.5 Å². The predicted octanol–water partition coefficient (Wildman–Crippen LogP) is 1.08. The normalized spacial score (nSPS) is 11.6. The fourth-order valence-corrected chi connectivity index (χ4v) is 2.74. The molecule has 2 aromatic rings. The van der Waals surface area contributed by atoms with E-state index in [1.807, 2.05) is 55.6 Å². The van der Waals surface area contributed by atoms with Gasteiger partial charge in [-0.3, -0.25) is 4.79 Å². The second-order valence-electron chi connectivity index (χ2n) is 6.07. The summed E-state index contributed by atoms with van der Waals surface area (Å²) in [6.45, 7) is 1.84. The van der Waals surface area contributed by atoms with Crippen LogP contribution in [0.15, 0.2) is 48.5 Å². The third-order valence-electron chi connectivity index (χ3n) is 4.04. The number of hydrogen-bond acceptors (Lipinski definition) is 3. The summed E-state index contributed by atoms with van der Waals surface area (Å²) < 4.78 is 10.5. The summed E-state index contributed by atoms with van der Waals surface area (Å²) in [5.74, 6) is 1.76. The van der Waals surface area contributed by atoms with Crippen LogP contribution in [-0.4, -0.2) is 40.3 Å². The summed E-state index contributed by atoms with van der Waals surface area (Å²) in [5, 5.41) is 2.98. The zero-order valence-corrected chi connectivity index (χ0v) is 15.2. The fraction of sp³-hybridized carbons (Fsp3) is 0.350. The van der Waals surface area contributed by atoms with Crippen molar-refractivity contribution in [2.45, 2.75) is 13.0 Å². The Balaban J connectivity index is 1.73. The van der Waals surface area contributed by atoms with Gasteiger partial charge >= 0.3 is 0 Å².